The molecule has 6 nitrogen and oxygen atoms in total. The third kappa shape index (κ3) is 6.40. The molecule has 0 spiro atoms. The van der Waals surface area contributed by atoms with Gasteiger partial charge in [0.2, 0.25) is 0 Å². The van der Waals surface area contributed by atoms with Crippen molar-refractivity contribution in [3.63, 3.8) is 0 Å². The number of hydrogen-bond acceptors (Lipinski definition) is 2. The maximum Gasteiger partial charge on any atom is 0.279 e. The number of anilines is 1. The molecule has 0 aromatic heterocycles. The third-order valence-electron chi connectivity index (χ3n) is 5.83. The summed E-state index contributed by atoms with van der Waals surface area (Å²) in [4.78, 5) is 27.4. The van der Waals surface area contributed by atoms with Crippen LogP contribution in [0.2, 0.25) is 0 Å². The van der Waals surface area contributed by atoms with Crippen molar-refractivity contribution in [1.82, 2.24) is 5.32 Å². The van der Waals surface area contributed by atoms with Gasteiger partial charge in [0.25, 0.3) is 11.8 Å². The number of rotatable bonds is 8. The summed E-state index contributed by atoms with van der Waals surface area (Å²) < 4.78 is 0. The van der Waals surface area contributed by atoms with Crippen molar-refractivity contribution in [2.45, 2.75) is 26.3 Å². The van der Waals surface area contributed by atoms with Crippen LogP contribution in [0.3, 0.4) is 0 Å². The second kappa shape index (κ2) is 10.9. The summed E-state index contributed by atoms with van der Waals surface area (Å²) in [5, 5.41) is 6.15. The molecule has 1 fully saturated rings. The molecule has 6 heteroatoms. The molecule has 0 radical (unpaired) electrons. The zero-order valence-corrected chi connectivity index (χ0v) is 18.0. The van der Waals surface area contributed by atoms with Gasteiger partial charge in [-0.15, -0.1) is 0 Å². The summed E-state index contributed by atoms with van der Waals surface area (Å²) in [7, 11) is 0. The number of aryl methyl sites for hydroxylation is 1. The van der Waals surface area contributed by atoms with E-state index in [1.54, 1.807) is 0 Å². The first-order valence-corrected chi connectivity index (χ1v) is 10.9. The highest BCUT2D eigenvalue weighted by atomic mass is 16.2. The number of carbonyl (C=O) groups excluding carboxylic acids is 2. The fourth-order valence-electron chi connectivity index (χ4n) is 4.03. The highest BCUT2D eigenvalue weighted by Gasteiger charge is 2.26. The van der Waals surface area contributed by atoms with Crippen molar-refractivity contribution in [2.24, 2.45) is 0 Å². The SMILES string of the molecule is CCc1ccccc1NC(=O)C[NH+]1CC[NH+](CC(=O)N[C@H](C)c2ccccc2)CC1. The van der Waals surface area contributed by atoms with Gasteiger partial charge in [-0.3, -0.25) is 9.59 Å². The molecule has 1 aliphatic heterocycles. The molecule has 0 unspecified atom stereocenters. The molecule has 1 atom stereocenters. The fourth-order valence-corrected chi connectivity index (χ4v) is 4.03. The van der Waals surface area contributed by atoms with Gasteiger partial charge in [0, 0.05) is 5.69 Å². The Kier molecular flexibility index (Phi) is 7.99. The van der Waals surface area contributed by atoms with Gasteiger partial charge >= 0.3 is 0 Å². The topological polar surface area (TPSA) is 67.1 Å². The molecule has 0 bridgehead atoms. The highest BCUT2D eigenvalue weighted by Crippen LogP contribution is 2.14. The molecule has 1 saturated heterocycles. The second-order valence-electron chi connectivity index (χ2n) is 8.11. The number of benzene rings is 2. The Labute approximate surface area is 179 Å². The normalized spacial score (nSPS) is 19.7. The van der Waals surface area contributed by atoms with Crippen molar-refractivity contribution in [3.05, 3.63) is 65.7 Å². The molecule has 0 aliphatic carbocycles. The number of quaternary nitrogens is 2. The van der Waals surface area contributed by atoms with Crippen LogP contribution in [0.1, 0.15) is 31.0 Å². The van der Waals surface area contributed by atoms with Crippen LogP contribution in [0.5, 0.6) is 0 Å². The molecule has 2 amide bonds. The van der Waals surface area contributed by atoms with E-state index in [9.17, 15) is 9.59 Å². The maximum absolute atomic E-state index is 12.5. The largest absolute Gasteiger partial charge is 0.345 e. The molecule has 0 saturated carbocycles. The van der Waals surface area contributed by atoms with Gasteiger partial charge in [0.05, 0.1) is 6.04 Å². The summed E-state index contributed by atoms with van der Waals surface area (Å²) in [6.45, 7) is 8.68. The maximum atomic E-state index is 12.5. The Morgan fingerprint density at radius 1 is 0.867 bits per heavy atom. The summed E-state index contributed by atoms with van der Waals surface area (Å²) in [6, 6.07) is 18.0. The van der Waals surface area contributed by atoms with E-state index in [0.717, 1.165) is 49.4 Å². The Morgan fingerprint density at radius 2 is 1.43 bits per heavy atom. The predicted octanol–water partition coefficient (Wildman–Crippen LogP) is -0.152. The fraction of sp³-hybridized carbons (Fsp3) is 0.417. The van der Waals surface area contributed by atoms with E-state index in [4.69, 9.17) is 0 Å². The van der Waals surface area contributed by atoms with Gasteiger partial charge < -0.3 is 20.4 Å². The molecule has 1 heterocycles. The van der Waals surface area contributed by atoms with Crippen LogP contribution in [0.15, 0.2) is 54.6 Å². The summed E-state index contributed by atoms with van der Waals surface area (Å²) in [5.41, 5.74) is 3.19. The lowest BCUT2D eigenvalue weighted by Gasteiger charge is -2.29. The van der Waals surface area contributed by atoms with Crippen LogP contribution in [0, 0.1) is 0 Å². The molecule has 4 N–H and O–H groups in total. The average Bonchev–Trinajstić information content (AvgIpc) is 2.76. The van der Waals surface area contributed by atoms with E-state index in [-0.39, 0.29) is 17.9 Å². The van der Waals surface area contributed by atoms with Crippen molar-refractivity contribution >= 4 is 17.5 Å². The Hall–Kier alpha value is -2.70. The first-order chi connectivity index (χ1) is 14.5. The van der Waals surface area contributed by atoms with E-state index >= 15 is 0 Å². The lowest BCUT2D eigenvalue weighted by molar-refractivity contribution is -1.00. The predicted molar refractivity (Wildman–Crippen MR) is 119 cm³/mol. The molecule has 3 rings (SSSR count). The van der Waals surface area contributed by atoms with Gasteiger partial charge in [-0.05, 0) is 30.5 Å². The highest BCUT2D eigenvalue weighted by molar-refractivity contribution is 5.92. The molecule has 2 aromatic rings. The minimum absolute atomic E-state index is 0.0136. The monoisotopic (exact) mass is 410 g/mol. The van der Waals surface area contributed by atoms with Crippen LogP contribution in [-0.4, -0.2) is 51.1 Å². The van der Waals surface area contributed by atoms with E-state index in [1.807, 2.05) is 61.5 Å². The zero-order chi connectivity index (χ0) is 21.3. The van der Waals surface area contributed by atoms with Gasteiger partial charge in [-0.1, -0.05) is 55.5 Å². The third-order valence-corrected chi connectivity index (χ3v) is 5.83. The minimum atomic E-state index is 0.0136. The van der Waals surface area contributed by atoms with Gasteiger partial charge in [0.15, 0.2) is 13.1 Å². The first kappa shape index (κ1) is 22.0. The lowest BCUT2D eigenvalue weighted by Crippen LogP contribution is -3.28. The number of nitrogens with one attached hydrogen (secondary N) is 4. The molecule has 2 aromatic carbocycles. The summed E-state index contributed by atoms with van der Waals surface area (Å²) in [5.74, 6) is 0.141. The number of carbonyl (C=O) groups is 2. The Morgan fingerprint density at radius 3 is 2.07 bits per heavy atom. The summed E-state index contributed by atoms with van der Waals surface area (Å²) in [6.07, 6.45) is 0.899. The smallest absolute Gasteiger partial charge is 0.279 e. The van der Waals surface area contributed by atoms with E-state index in [2.05, 4.69) is 17.6 Å². The number of amides is 2. The minimum Gasteiger partial charge on any atom is -0.345 e. The van der Waals surface area contributed by atoms with Crippen molar-refractivity contribution in [2.75, 3.05) is 44.6 Å². The van der Waals surface area contributed by atoms with Crippen LogP contribution < -0.4 is 20.4 Å². The quantitative estimate of drug-likeness (QED) is 0.489. The van der Waals surface area contributed by atoms with E-state index in [1.165, 1.54) is 9.80 Å². The van der Waals surface area contributed by atoms with Crippen LogP contribution in [0.4, 0.5) is 5.69 Å². The Balaban J connectivity index is 1.39. The molecular formula is C24H34N4O2+2. The molecule has 30 heavy (non-hydrogen) atoms. The van der Waals surface area contributed by atoms with Gasteiger partial charge in [0.1, 0.15) is 26.2 Å². The van der Waals surface area contributed by atoms with Crippen LogP contribution >= 0.6 is 0 Å². The number of piperazine rings is 1. The van der Waals surface area contributed by atoms with E-state index < -0.39 is 0 Å². The van der Waals surface area contributed by atoms with Crippen molar-refractivity contribution < 1.29 is 19.4 Å². The molecular weight excluding hydrogens is 376 g/mol. The van der Waals surface area contributed by atoms with Crippen molar-refractivity contribution in [3.8, 4) is 0 Å². The van der Waals surface area contributed by atoms with Gasteiger partial charge in [-0.25, -0.2) is 0 Å². The molecule has 160 valence electrons. The molecule has 1 aliphatic rings. The number of hydrogen-bond donors (Lipinski definition) is 4. The van der Waals surface area contributed by atoms with Gasteiger partial charge in [-0.2, -0.15) is 0 Å². The average molecular weight is 411 g/mol. The zero-order valence-electron chi connectivity index (χ0n) is 18.0. The van der Waals surface area contributed by atoms with Crippen LogP contribution in [-0.2, 0) is 16.0 Å². The van der Waals surface area contributed by atoms with Crippen LogP contribution in [0.25, 0.3) is 0 Å². The standard InChI is InChI=1S/C24H32N4O2/c1-3-20-9-7-8-12-22(20)26-24(30)18-28-15-13-27(14-16-28)17-23(29)25-19(2)21-10-5-4-6-11-21/h4-12,19H,3,13-18H2,1-2H3,(H,25,29)(H,26,30)/p+2/t19-/m1/s1. The lowest BCUT2D eigenvalue weighted by atomic mass is 10.1. The second-order valence-corrected chi connectivity index (χ2v) is 8.11. The summed E-state index contributed by atoms with van der Waals surface area (Å²) >= 11 is 0. The number of para-hydroxylation sites is 1. The first-order valence-electron chi connectivity index (χ1n) is 10.9. The van der Waals surface area contributed by atoms with Crippen molar-refractivity contribution in [1.29, 1.82) is 0 Å². The Bertz CT molecular complexity index is 832. The van der Waals surface area contributed by atoms with E-state index in [0.29, 0.717) is 13.1 Å².